The Kier molecular flexibility index (Phi) is 2.75. The third kappa shape index (κ3) is 2.03. The van der Waals surface area contributed by atoms with Crippen LogP contribution in [0.1, 0.15) is 4.88 Å². The second-order valence-corrected chi connectivity index (χ2v) is 4.41. The zero-order valence-electron chi connectivity index (χ0n) is 7.61. The fourth-order valence-electron chi connectivity index (χ4n) is 1.29. The summed E-state index contributed by atoms with van der Waals surface area (Å²) in [5.74, 6) is -0.969. The zero-order valence-corrected chi connectivity index (χ0v) is 9.18. The van der Waals surface area contributed by atoms with Crippen LogP contribution in [0.4, 0.5) is 0 Å². The average Bonchev–Trinajstić information content (AvgIpc) is 2.54. The van der Waals surface area contributed by atoms with Crippen molar-refractivity contribution in [1.82, 2.24) is 0 Å². The molecule has 0 atom stereocenters. The van der Waals surface area contributed by atoms with Crippen molar-refractivity contribution in [3.63, 3.8) is 0 Å². The number of carboxylic acid groups (broad SMARTS) is 1. The van der Waals surface area contributed by atoms with E-state index in [1.54, 1.807) is 0 Å². The summed E-state index contributed by atoms with van der Waals surface area (Å²) in [4.78, 5) is 11.2. The van der Waals surface area contributed by atoms with Crippen molar-refractivity contribution < 1.29 is 9.90 Å². The maximum atomic E-state index is 10.4. The first-order valence-electron chi connectivity index (χ1n) is 4.26. The Balaban J connectivity index is 2.53. The summed E-state index contributed by atoms with van der Waals surface area (Å²) in [5.41, 5.74) is 0. The molecule has 15 heavy (non-hydrogen) atoms. The molecule has 0 spiro atoms. The lowest BCUT2D eigenvalue weighted by molar-refractivity contribution is -0.131. The SMILES string of the molecule is O=C(O)C=Cc1sc2ccccc2c1Cl. The summed E-state index contributed by atoms with van der Waals surface area (Å²) >= 11 is 7.59. The van der Waals surface area contributed by atoms with Gasteiger partial charge in [-0.05, 0) is 12.1 Å². The number of aliphatic carboxylic acids is 1. The quantitative estimate of drug-likeness (QED) is 0.811. The van der Waals surface area contributed by atoms with E-state index in [9.17, 15) is 4.79 Å². The van der Waals surface area contributed by atoms with Gasteiger partial charge in [-0.25, -0.2) is 4.79 Å². The van der Waals surface area contributed by atoms with Gasteiger partial charge in [-0.2, -0.15) is 0 Å². The second kappa shape index (κ2) is 4.04. The predicted molar refractivity (Wildman–Crippen MR) is 63.5 cm³/mol. The third-order valence-electron chi connectivity index (χ3n) is 1.94. The number of carboxylic acids is 1. The van der Waals surface area contributed by atoms with Crippen molar-refractivity contribution in [2.45, 2.75) is 0 Å². The molecule has 2 rings (SSSR count). The van der Waals surface area contributed by atoms with Gasteiger partial charge < -0.3 is 5.11 Å². The van der Waals surface area contributed by atoms with Crippen LogP contribution in [0.2, 0.25) is 5.02 Å². The molecule has 4 heteroatoms. The number of hydrogen-bond acceptors (Lipinski definition) is 2. The van der Waals surface area contributed by atoms with Crippen molar-refractivity contribution >= 4 is 45.1 Å². The van der Waals surface area contributed by atoms with Crippen LogP contribution in [0.25, 0.3) is 16.2 Å². The van der Waals surface area contributed by atoms with Crippen LogP contribution in [-0.2, 0) is 4.79 Å². The lowest BCUT2D eigenvalue weighted by Crippen LogP contribution is -1.84. The molecule has 0 fully saturated rings. The van der Waals surface area contributed by atoms with E-state index in [0.717, 1.165) is 21.0 Å². The monoisotopic (exact) mass is 238 g/mol. The molecule has 0 aliphatic rings. The van der Waals surface area contributed by atoms with Gasteiger partial charge >= 0.3 is 5.97 Å². The number of halogens is 1. The minimum atomic E-state index is -0.969. The molecule has 1 N–H and O–H groups in total. The van der Waals surface area contributed by atoms with Crippen LogP contribution in [0.3, 0.4) is 0 Å². The van der Waals surface area contributed by atoms with E-state index in [1.807, 2.05) is 24.3 Å². The standard InChI is InChI=1S/C11H7ClO2S/c12-11-7-3-1-2-4-8(7)15-9(11)5-6-10(13)14/h1-6H,(H,13,14). The number of hydrogen-bond donors (Lipinski definition) is 1. The third-order valence-corrected chi connectivity index (χ3v) is 3.59. The Bertz CT molecular complexity index is 543. The number of carbonyl (C=O) groups is 1. The minimum absolute atomic E-state index is 0.619. The van der Waals surface area contributed by atoms with Gasteiger partial charge in [0, 0.05) is 21.0 Å². The van der Waals surface area contributed by atoms with Crippen LogP contribution in [-0.4, -0.2) is 11.1 Å². The summed E-state index contributed by atoms with van der Waals surface area (Å²) in [7, 11) is 0. The molecule has 0 saturated carbocycles. The van der Waals surface area contributed by atoms with Gasteiger partial charge in [-0.1, -0.05) is 29.8 Å². The van der Waals surface area contributed by atoms with Crippen LogP contribution in [0.5, 0.6) is 0 Å². The van der Waals surface area contributed by atoms with Gasteiger partial charge in [0.25, 0.3) is 0 Å². The molecule has 1 heterocycles. The Hall–Kier alpha value is -1.32. The van der Waals surface area contributed by atoms with Gasteiger partial charge in [0.15, 0.2) is 0 Å². The molecule has 2 aromatic rings. The summed E-state index contributed by atoms with van der Waals surface area (Å²) in [6, 6.07) is 7.72. The van der Waals surface area contributed by atoms with Gasteiger partial charge in [-0.3, -0.25) is 0 Å². The second-order valence-electron chi connectivity index (χ2n) is 2.95. The fourth-order valence-corrected chi connectivity index (χ4v) is 2.69. The van der Waals surface area contributed by atoms with E-state index in [2.05, 4.69) is 0 Å². The van der Waals surface area contributed by atoms with E-state index in [4.69, 9.17) is 16.7 Å². The highest BCUT2D eigenvalue weighted by Crippen LogP contribution is 2.35. The Morgan fingerprint density at radius 3 is 2.80 bits per heavy atom. The van der Waals surface area contributed by atoms with Gasteiger partial charge in [0.05, 0.1) is 5.02 Å². The highest BCUT2D eigenvalue weighted by atomic mass is 35.5. The lowest BCUT2D eigenvalue weighted by Gasteiger charge is -1.87. The highest BCUT2D eigenvalue weighted by Gasteiger charge is 2.06. The molecule has 0 saturated heterocycles. The van der Waals surface area contributed by atoms with Crippen LogP contribution >= 0.6 is 22.9 Å². The first-order valence-corrected chi connectivity index (χ1v) is 5.46. The fraction of sp³-hybridized carbons (Fsp3) is 0. The zero-order chi connectivity index (χ0) is 10.8. The minimum Gasteiger partial charge on any atom is -0.478 e. The predicted octanol–water partition coefficient (Wildman–Crippen LogP) is 3.65. The molecule has 76 valence electrons. The first kappa shape index (κ1) is 10.2. The molecule has 0 aliphatic carbocycles. The Morgan fingerprint density at radius 2 is 2.13 bits per heavy atom. The number of rotatable bonds is 2. The summed E-state index contributed by atoms with van der Waals surface area (Å²) in [5, 5.41) is 10.1. The molecule has 1 aromatic carbocycles. The van der Waals surface area contributed by atoms with Crippen LogP contribution in [0.15, 0.2) is 30.3 Å². The molecular weight excluding hydrogens is 232 g/mol. The van der Waals surface area contributed by atoms with Crippen molar-refractivity contribution in [3.05, 3.63) is 40.2 Å². The van der Waals surface area contributed by atoms with E-state index in [1.165, 1.54) is 17.4 Å². The lowest BCUT2D eigenvalue weighted by atomic mass is 10.2. The topological polar surface area (TPSA) is 37.3 Å². The molecule has 1 aromatic heterocycles. The number of thiophene rings is 1. The van der Waals surface area contributed by atoms with Crippen molar-refractivity contribution in [1.29, 1.82) is 0 Å². The summed E-state index contributed by atoms with van der Waals surface area (Å²) < 4.78 is 1.06. The number of fused-ring (bicyclic) bond motifs is 1. The van der Waals surface area contributed by atoms with Crippen molar-refractivity contribution in [2.24, 2.45) is 0 Å². The summed E-state index contributed by atoms with van der Waals surface area (Å²) in [6.07, 6.45) is 2.62. The van der Waals surface area contributed by atoms with E-state index in [-0.39, 0.29) is 0 Å². The molecule has 0 amide bonds. The molecule has 0 aliphatic heterocycles. The molecular formula is C11H7ClO2S. The van der Waals surface area contributed by atoms with Crippen LogP contribution < -0.4 is 0 Å². The van der Waals surface area contributed by atoms with Crippen LogP contribution in [0, 0.1) is 0 Å². The van der Waals surface area contributed by atoms with E-state index in [0.29, 0.717) is 5.02 Å². The van der Waals surface area contributed by atoms with Crippen molar-refractivity contribution in [3.8, 4) is 0 Å². The molecule has 0 bridgehead atoms. The van der Waals surface area contributed by atoms with E-state index >= 15 is 0 Å². The van der Waals surface area contributed by atoms with Gasteiger partial charge in [0.2, 0.25) is 0 Å². The number of benzene rings is 1. The van der Waals surface area contributed by atoms with Gasteiger partial charge in [0.1, 0.15) is 0 Å². The molecule has 0 unspecified atom stereocenters. The Labute approximate surface area is 95.4 Å². The van der Waals surface area contributed by atoms with E-state index < -0.39 is 5.97 Å². The maximum absolute atomic E-state index is 10.4. The normalized spacial score (nSPS) is 11.3. The van der Waals surface area contributed by atoms with Crippen molar-refractivity contribution in [2.75, 3.05) is 0 Å². The highest BCUT2D eigenvalue weighted by molar-refractivity contribution is 7.20. The van der Waals surface area contributed by atoms with Gasteiger partial charge in [-0.15, -0.1) is 11.3 Å². The first-order chi connectivity index (χ1) is 7.18. The summed E-state index contributed by atoms with van der Waals surface area (Å²) in [6.45, 7) is 0. The largest absolute Gasteiger partial charge is 0.478 e. The maximum Gasteiger partial charge on any atom is 0.328 e. The smallest absolute Gasteiger partial charge is 0.328 e. The Morgan fingerprint density at radius 1 is 1.40 bits per heavy atom. The molecule has 0 radical (unpaired) electrons. The average molecular weight is 239 g/mol. The molecule has 2 nitrogen and oxygen atoms in total.